The van der Waals surface area contributed by atoms with Gasteiger partial charge >= 0.3 is 0 Å². The topological polar surface area (TPSA) is 15.3 Å². The van der Waals surface area contributed by atoms with Crippen LogP contribution in [-0.4, -0.2) is 41.6 Å². The average molecular weight is 278 g/mol. The van der Waals surface area contributed by atoms with Crippen molar-refractivity contribution in [1.29, 1.82) is 0 Å². The largest absolute Gasteiger partial charge is 0.307 e. The summed E-state index contributed by atoms with van der Waals surface area (Å²) in [5, 5.41) is 3.67. The lowest BCUT2D eigenvalue weighted by atomic mass is 10.0. The number of hydrogen-bond donors (Lipinski definition) is 1. The Morgan fingerprint density at radius 1 is 1.32 bits per heavy atom. The SMILES string of the molecule is CSC(C)(C)CN1CC(c2ccccc2)NCC1C. The average Bonchev–Trinajstić information content (AvgIpc) is 2.42. The third-order valence-electron chi connectivity index (χ3n) is 4.04. The molecule has 1 aromatic carbocycles. The first kappa shape index (κ1) is 14.9. The molecule has 1 aromatic rings. The van der Waals surface area contributed by atoms with Gasteiger partial charge in [-0.05, 0) is 32.6 Å². The van der Waals surface area contributed by atoms with E-state index in [-0.39, 0.29) is 0 Å². The molecule has 1 heterocycles. The fourth-order valence-corrected chi connectivity index (χ4v) is 2.90. The van der Waals surface area contributed by atoms with E-state index in [4.69, 9.17) is 0 Å². The van der Waals surface area contributed by atoms with E-state index in [1.807, 2.05) is 11.8 Å². The zero-order chi connectivity index (χ0) is 13.9. The maximum Gasteiger partial charge on any atom is 0.0449 e. The van der Waals surface area contributed by atoms with E-state index in [0.29, 0.717) is 16.8 Å². The predicted octanol–water partition coefficient (Wildman–Crippen LogP) is 3.16. The van der Waals surface area contributed by atoms with Gasteiger partial charge in [-0.25, -0.2) is 0 Å². The summed E-state index contributed by atoms with van der Waals surface area (Å²) in [6.07, 6.45) is 2.21. The number of hydrogen-bond acceptors (Lipinski definition) is 3. The Hall–Kier alpha value is -0.510. The van der Waals surface area contributed by atoms with Crippen molar-refractivity contribution in [1.82, 2.24) is 10.2 Å². The second-order valence-corrected chi connectivity index (χ2v) is 7.63. The summed E-state index contributed by atoms with van der Waals surface area (Å²) in [6.45, 7) is 10.3. The standard InChI is InChI=1S/C16H26N2S/c1-13-10-17-15(14-8-6-5-7-9-14)11-18(13)12-16(2,3)19-4/h5-9,13,15,17H,10-12H2,1-4H3. The highest BCUT2D eigenvalue weighted by molar-refractivity contribution is 7.99. The molecule has 2 unspecified atom stereocenters. The molecule has 1 fully saturated rings. The summed E-state index contributed by atoms with van der Waals surface area (Å²) in [4.78, 5) is 2.63. The Morgan fingerprint density at radius 3 is 2.63 bits per heavy atom. The van der Waals surface area contributed by atoms with E-state index in [2.05, 4.69) is 67.6 Å². The van der Waals surface area contributed by atoms with Gasteiger partial charge in [0.15, 0.2) is 0 Å². The number of nitrogens with zero attached hydrogens (tertiary/aromatic N) is 1. The molecule has 2 nitrogen and oxygen atoms in total. The monoisotopic (exact) mass is 278 g/mol. The van der Waals surface area contributed by atoms with E-state index in [1.165, 1.54) is 5.56 Å². The van der Waals surface area contributed by atoms with Crippen molar-refractivity contribution >= 4 is 11.8 Å². The molecule has 1 saturated heterocycles. The van der Waals surface area contributed by atoms with Crippen molar-refractivity contribution in [3.05, 3.63) is 35.9 Å². The molecule has 106 valence electrons. The normalized spacial score (nSPS) is 25.5. The molecule has 0 aromatic heterocycles. The fraction of sp³-hybridized carbons (Fsp3) is 0.625. The molecular formula is C16H26N2S. The molecule has 0 amide bonds. The summed E-state index contributed by atoms with van der Waals surface area (Å²) in [5.41, 5.74) is 1.40. The van der Waals surface area contributed by atoms with Gasteiger partial charge in [0.25, 0.3) is 0 Å². The highest BCUT2D eigenvalue weighted by Gasteiger charge is 2.30. The van der Waals surface area contributed by atoms with Crippen LogP contribution in [0.2, 0.25) is 0 Å². The van der Waals surface area contributed by atoms with Crippen LogP contribution in [-0.2, 0) is 0 Å². The summed E-state index contributed by atoms with van der Waals surface area (Å²) in [7, 11) is 0. The Kier molecular flexibility index (Phi) is 4.93. The van der Waals surface area contributed by atoms with Crippen LogP contribution in [0.1, 0.15) is 32.4 Å². The molecular weight excluding hydrogens is 252 g/mol. The van der Waals surface area contributed by atoms with Gasteiger partial charge in [0.2, 0.25) is 0 Å². The van der Waals surface area contributed by atoms with Crippen molar-refractivity contribution in [3.63, 3.8) is 0 Å². The van der Waals surface area contributed by atoms with Crippen LogP contribution < -0.4 is 5.32 Å². The van der Waals surface area contributed by atoms with Crippen LogP contribution in [0.5, 0.6) is 0 Å². The van der Waals surface area contributed by atoms with Crippen LogP contribution in [0.15, 0.2) is 30.3 Å². The molecule has 1 N–H and O–H groups in total. The molecule has 2 rings (SSSR count). The minimum atomic E-state index is 0.326. The first-order valence-corrected chi connectivity index (χ1v) is 8.32. The van der Waals surface area contributed by atoms with Crippen molar-refractivity contribution in [2.24, 2.45) is 0 Å². The van der Waals surface area contributed by atoms with Crippen LogP contribution in [0, 0.1) is 0 Å². The lowest BCUT2D eigenvalue weighted by Gasteiger charge is -2.42. The van der Waals surface area contributed by atoms with E-state index < -0.39 is 0 Å². The summed E-state index contributed by atoms with van der Waals surface area (Å²) >= 11 is 1.96. The molecule has 0 bridgehead atoms. The van der Waals surface area contributed by atoms with Gasteiger partial charge in [0.1, 0.15) is 0 Å². The van der Waals surface area contributed by atoms with Gasteiger partial charge in [0, 0.05) is 36.5 Å². The second kappa shape index (κ2) is 6.29. The minimum Gasteiger partial charge on any atom is -0.307 e. The maximum absolute atomic E-state index is 3.67. The second-order valence-electron chi connectivity index (χ2n) is 6.11. The lowest BCUT2D eigenvalue weighted by molar-refractivity contribution is 0.132. The van der Waals surface area contributed by atoms with Gasteiger partial charge in [-0.2, -0.15) is 11.8 Å². The van der Waals surface area contributed by atoms with Crippen molar-refractivity contribution < 1.29 is 0 Å². The fourth-order valence-electron chi connectivity index (χ4n) is 2.60. The van der Waals surface area contributed by atoms with E-state index in [9.17, 15) is 0 Å². The molecule has 0 saturated carbocycles. The van der Waals surface area contributed by atoms with Crippen molar-refractivity contribution in [2.75, 3.05) is 25.9 Å². The lowest BCUT2D eigenvalue weighted by Crippen LogP contribution is -2.54. The van der Waals surface area contributed by atoms with E-state index in [1.54, 1.807) is 0 Å². The molecule has 0 radical (unpaired) electrons. The third-order valence-corrected chi connectivity index (χ3v) is 5.27. The highest BCUT2D eigenvalue weighted by Crippen LogP contribution is 2.26. The highest BCUT2D eigenvalue weighted by atomic mass is 32.2. The van der Waals surface area contributed by atoms with Crippen LogP contribution in [0.3, 0.4) is 0 Å². The first-order valence-electron chi connectivity index (χ1n) is 7.09. The van der Waals surface area contributed by atoms with Crippen molar-refractivity contribution in [3.8, 4) is 0 Å². The molecule has 1 aliphatic rings. The van der Waals surface area contributed by atoms with Gasteiger partial charge in [-0.15, -0.1) is 0 Å². The van der Waals surface area contributed by atoms with Gasteiger partial charge < -0.3 is 5.32 Å². The molecule has 0 aliphatic carbocycles. The number of rotatable bonds is 4. The van der Waals surface area contributed by atoms with Crippen LogP contribution >= 0.6 is 11.8 Å². The summed E-state index contributed by atoms with van der Waals surface area (Å²) in [5.74, 6) is 0. The van der Waals surface area contributed by atoms with Crippen molar-refractivity contribution in [2.45, 2.75) is 37.6 Å². The number of thioether (sulfide) groups is 1. The van der Waals surface area contributed by atoms with Crippen LogP contribution in [0.25, 0.3) is 0 Å². The molecule has 1 aliphatic heterocycles. The van der Waals surface area contributed by atoms with Crippen LogP contribution in [0.4, 0.5) is 0 Å². The smallest absolute Gasteiger partial charge is 0.0449 e. The number of benzene rings is 1. The molecule has 2 atom stereocenters. The maximum atomic E-state index is 3.67. The van der Waals surface area contributed by atoms with Gasteiger partial charge in [-0.1, -0.05) is 30.3 Å². The Balaban J connectivity index is 2.04. The Labute approximate surface area is 122 Å². The van der Waals surface area contributed by atoms with E-state index >= 15 is 0 Å². The number of piperazine rings is 1. The third kappa shape index (κ3) is 3.98. The zero-order valence-electron chi connectivity index (χ0n) is 12.5. The number of nitrogens with one attached hydrogen (secondary N) is 1. The minimum absolute atomic E-state index is 0.326. The molecule has 19 heavy (non-hydrogen) atoms. The summed E-state index contributed by atoms with van der Waals surface area (Å²) in [6, 6.07) is 11.9. The van der Waals surface area contributed by atoms with E-state index in [0.717, 1.165) is 19.6 Å². The first-order chi connectivity index (χ1) is 9.02. The zero-order valence-corrected chi connectivity index (χ0v) is 13.3. The molecule has 3 heteroatoms. The summed E-state index contributed by atoms with van der Waals surface area (Å²) < 4.78 is 0.326. The van der Waals surface area contributed by atoms with Gasteiger partial charge in [-0.3, -0.25) is 4.90 Å². The molecule has 0 spiro atoms. The Morgan fingerprint density at radius 2 is 2.00 bits per heavy atom. The Bertz CT molecular complexity index is 391. The predicted molar refractivity (Wildman–Crippen MR) is 85.8 cm³/mol. The quantitative estimate of drug-likeness (QED) is 0.911. The van der Waals surface area contributed by atoms with Gasteiger partial charge in [0.05, 0.1) is 0 Å².